The summed E-state index contributed by atoms with van der Waals surface area (Å²) in [4.78, 5) is 15.7. The van der Waals surface area contributed by atoms with Crippen molar-refractivity contribution in [2.24, 2.45) is 0 Å². The van der Waals surface area contributed by atoms with Crippen LogP contribution in [0.4, 0.5) is 0 Å². The van der Waals surface area contributed by atoms with Crippen LogP contribution in [0, 0.1) is 6.92 Å². The van der Waals surface area contributed by atoms with E-state index in [4.69, 9.17) is 4.74 Å². The summed E-state index contributed by atoms with van der Waals surface area (Å²) in [7, 11) is 1.39. The standard InChI is InChI=1S/C11H15NO2/c1-7(2)10-9(11(13)14-4)8(3)5-6-12-10/h5-7H,1-4H3. The predicted octanol–water partition coefficient (Wildman–Crippen LogP) is 2.30. The zero-order valence-electron chi connectivity index (χ0n) is 9.00. The van der Waals surface area contributed by atoms with Crippen molar-refractivity contribution in [1.82, 2.24) is 4.98 Å². The number of carbonyl (C=O) groups is 1. The van der Waals surface area contributed by atoms with Crippen molar-refractivity contribution in [3.63, 3.8) is 0 Å². The fourth-order valence-corrected chi connectivity index (χ4v) is 1.38. The van der Waals surface area contributed by atoms with Crippen LogP contribution in [0.5, 0.6) is 0 Å². The van der Waals surface area contributed by atoms with E-state index in [1.165, 1.54) is 7.11 Å². The summed E-state index contributed by atoms with van der Waals surface area (Å²) in [5, 5.41) is 0. The molecule has 0 bridgehead atoms. The quantitative estimate of drug-likeness (QED) is 0.676. The van der Waals surface area contributed by atoms with Crippen molar-refractivity contribution in [3.8, 4) is 0 Å². The molecule has 0 aliphatic carbocycles. The summed E-state index contributed by atoms with van der Waals surface area (Å²) in [6.45, 7) is 5.90. The highest BCUT2D eigenvalue weighted by Crippen LogP contribution is 2.20. The summed E-state index contributed by atoms with van der Waals surface area (Å²) < 4.78 is 4.73. The molecule has 0 aromatic carbocycles. The molecule has 1 aromatic rings. The van der Waals surface area contributed by atoms with E-state index in [1.54, 1.807) is 6.20 Å². The fraction of sp³-hybridized carbons (Fsp3) is 0.455. The van der Waals surface area contributed by atoms with E-state index in [0.29, 0.717) is 5.56 Å². The van der Waals surface area contributed by atoms with E-state index in [2.05, 4.69) is 4.98 Å². The molecule has 1 aromatic heterocycles. The Morgan fingerprint density at radius 3 is 2.64 bits per heavy atom. The third-order valence-electron chi connectivity index (χ3n) is 2.13. The molecule has 0 atom stereocenters. The lowest BCUT2D eigenvalue weighted by Crippen LogP contribution is -2.10. The lowest BCUT2D eigenvalue weighted by molar-refractivity contribution is 0.0597. The van der Waals surface area contributed by atoms with Gasteiger partial charge in [0.2, 0.25) is 0 Å². The number of esters is 1. The molecule has 0 spiro atoms. The van der Waals surface area contributed by atoms with Gasteiger partial charge < -0.3 is 4.74 Å². The zero-order chi connectivity index (χ0) is 10.7. The number of aromatic nitrogens is 1. The Kier molecular flexibility index (Phi) is 3.23. The van der Waals surface area contributed by atoms with Crippen LogP contribution in [0.2, 0.25) is 0 Å². The maximum atomic E-state index is 11.5. The van der Waals surface area contributed by atoms with Gasteiger partial charge in [-0.25, -0.2) is 4.79 Å². The summed E-state index contributed by atoms with van der Waals surface area (Å²) >= 11 is 0. The second-order valence-corrected chi connectivity index (χ2v) is 3.53. The van der Waals surface area contributed by atoms with Gasteiger partial charge in [-0.05, 0) is 24.5 Å². The summed E-state index contributed by atoms with van der Waals surface area (Å²) in [5.74, 6) is -0.0803. The molecule has 0 amide bonds. The molecule has 0 fully saturated rings. The van der Waals surface area contributed by atoms with Crippen molar-refractivity contribution in [2.75, 3.05) is 7.11 Å². The lowest BCUT2D eigenvalue weighted by Gasteiger charge is -2.11. The highest BCUT2D eigenvalue weighted by atomic mass is 16.5. The molecule has 1 rings (SSSR count). The maximum Gasteiger partial charge on any atom is 0.339 e. The minimum Gasteiger partial charge on any atom is -0.465 e. The first-order chi connectivity index (χ1) is 6.57. The second-order valence-electron chi connectivity index (χ2n) is 3.53. The minimum absolute atomic E-state index is 0.226. The molecular weight excluding hydrogens is 178 g/mol. The molecule has 0 aliphatic heterocycles. The molecule has 0 aliphatic rings. The first-order valence-corrected chi connectivity index (χ1v) is 4.61. The van der Waals surface area contributed by atoms with Crippen LogP contribution in [0.25, 0.3) is 0 Å². The molecule has 14 heavy (non-hydrogen) atoms. The van der Waals surface area contributed by atoms with Crippen molar-refractivity contribution in [1.29, 1.82) is 0 Å². The Labute approximate surface area is 84.1 Å². The molecule has 0 N–H and O–H groups in total. The van der Waals surface area contributed by atoms with E-state index < -0.39 is 0 Å². The van der Waals surface area contributed by atoms with Gasteiger partial charge in [0.1, 0.15) is 0 Å². The van der Waals surface area contributed by atoms with Crippen LogP contribution in [0.1, 0.15) is 41.4 Å². The van der Waals surface area contributed by atoms with Crippen LogP contribution in [0.15, 0.2) is 12.3 Å². The number of hydrogen-bond donors (Lipinski definition) is 0. The predicted molar refractivity (Wildman–Crippen MR) is 54.4 cm³/mol. The molecule has 76 valence electrons. The molecule has 0 saturated carbocycles. The number of rotatable bonds is 2. The Morgan fingerprint density at radius 2 is 2.14 bits per heavy atom. The van der Waals surface area contributed by atoms with Crippen LogP contribution in [0.3, 0.4) is 0 Å². The number of aryl methyl sites for hydroxylation is 1. The first kappa shape index (κ1) is 10.7. The number of methoxy groups -OCH3 is 1. The minimum atomic E-state index is -0.306. The van der Waals surface area contributed by atoms with Crippen molar-refractivity contribution in [2.45, 2.75) is 26.7 Å². The Morgan fingerprint density at radius 1 is 1.50 bits per heavy atom. The summed E-state index contributed by atoms with van der Waals surface area (Å²) in [5.41, 5.74) is 2.32. The molecule has 1 heterocycles. The van der Waals surface area contributed by atoms with Gasteiger partial charge in [0, 0.05) is 6.20 Å². The van der Waals surface area contributed by atoms with Crippen LogP contribution in [-0.4, -0.2) is 18.1 Å². The van der Waals surface area contributed by atoms with Gasteiger partial charge in [-0.1, -0.05) is 13.8 Å². The van der Waals surface area contributed by atoms with Crippen LogP contribution < -0.4 is 0 Å². The highest BCUT2D eigenvalue weighted by molar-refractivity contribution is 5.92. The molecule has 3 nitrogen and oxygen atoms in total. The van der Waals surface area contributed by atoms with E-state index in [9.17, 15) is 4.79 Å². The third kappa shape index (κ3) is 1.92. The number of hydrogen-bond acceptors (Lipinski definition) is 3. The van der Waals surface area contributed by atoms with Gasteiger partial charge in [0.25, 0.3) is 0 Å². The lowest BCUT2D eigenvalue weighted by atomic mass is 10.00. The Bertz CT molecular complexity index is 345. The molecule has 0 unspecified atom stereocenters. The normalized spacial score (nSPS) is 10.4. The van der Waals surface area contributed by atoms with Crippen molar-refractivity contribution < 1.29 is 9.53 Å². The summed E-state index contributed by atoms with van der Waals surface area (Å²) in [6.07, 6.45) is 1.72. The summed E-state index contributed by atoms with van der Waals surface area (Å²) in [6, 6.07) is 1.82. The average molecular weight is 193 g/mol. The van der Waals surface area contributed by atoms with Gasteiger partial charge in [-0.2, -0.15) is 0 Å². The van der Waals surface area contributed by atoms with Crippen LogP contribution in [-0.2, 0) is 4.74 Å². The number of nitrogens with zero attached hydrogens (tertiary/aromatic N) is 1. The van der Waals surface area contributed by atoms with Gasteiger partial charge in [-0.3, -0.25) is 4.98 Å². The molecule has 0 radical (unpaired) electrons. The molecular formula is C11H15NO2. The Balaban J connectivity index is 3.29. The monoisotopic (exact) mass is 193 g/mol. The number of pyridine rings is 1. The van der Waals surface area contributed by atoms with E-state index >= 15 is 0 Å². The SMILES string of the molecule is COC(=O)c1c(C)ccnc1C(C)C. The zero-order valence-corrected chi connectivity index (χ0v) is 9.00. The van der Waals surface area contributed by atoms with Gasteiger partial charge in [-0.15, -0.1) is 0 Å². The Hall–Kier alpha value is -1.38. The highest BCUT2D eigenvalue weighted by Gasteiger charge is 2.17. The van der Waals surface area contributed by atoms with Gasteiger partial charge >= 0.3 is 5.97 Å². The maximum absolute atomic E-state index is 11.5. The average Bonchev–Trinajstić information content (AvgIpc) is 2.16. The van der Waals surface area contributed by atoms with Crippen molar-refractivity contribution in [3.05, 3.63) is 29.1 Å². The number of carbonyl (C=O) groups excluding carboxylic acids is 1. The van der Waals surface area contributed by atoms with Crippen molar-refractivity contribution >= 4 is 5.97 Å². The topological polar surface area (TPSA) is 39.2 Å². The van der Waals surface area contributed by atoms with Crippen LogP contribution >= 0.6 is 0 Å². The third-order valence-corrected chi connectivity index (χ3v) is 2.13. The second kappa shape index (κ2) is 4.22. The first-order valence-electron chi connectivity index (χ1n) is 4.61. The number of ether oxygens (including phenoxy) is 1. The molecule has 3 heteroatoms. The van der Waals surface area contributed by atoms with Gasteiger partial charge in [0.05, 0.1) is 18.4 Å². The van der Waals surface area contributed by atoms with E-state index in [1.807, 2.05) is 26.8 Å². The molecule has 0 saturated heterocycles. The smallest absolute Gasteiger partial charge is 0.339 e. The fourth-order valence-electron chi connectivity index (χ4n) is 1.38. The largest absolute Gasteiger partial charge is 0.465 e. The van der Waals surface area contributed by atoms with E-state index in [0.717, 1.165) is 11.3 Å². The van der Waals surface area contributed by atoms with E-state index in [-0.39, 0.29) is 11.9 Å². The van der Waals surface area contributed by atoms with Gasteiger partial charge in [0.15, 0.2) is 0 Å².